The van der Waals surface area contributed by atoms with Crippen LogP contribution in [-0.2, 0) is 0 Å². The van der Waals surface area contributed by atoms with E-state index < -0.39 is 5.91 Å². The van der Waals surface area contributed by atoms with E-state index in [-0.39, 0.29) is 0 Å². The first kappa shape index (κ1) is 23.2. The van der Waals surface area contributed by atoms with Gasteiger partial charge in [-0.3, -0.25) is 9.69 Å². The summed E-state index contributed by atoms with van der Waals surface area (Å²) in [6.07, 6.45) is 5.08. The summed E-state index contributed by atoms with van der Waals surface area (Å²) in [7, 11) is 2.00. The maximum absolute atomic E-state index is 11.6. The Hall–Kier alpha value is -2.94. The predicted octanol–water partition coefficient (Wildman–Crippen LogP) is 3.15. The van der Waals surface area contributed by atoms with Gasteiger partial charge < -0.3 is 21.3 Å². The summed E-state index contributed by atoms with van der Waals surface area (Å²) in [5, 5.41) is 6.83. The number of amides is 1. The standard InChI is InChI=1S/C24H36N8O/c1-15(2)13-31(4)24-29-22(26-18-10-11-32(14-18)19-6-5-7-19)28-23(30-24)27-20-12-17(21(25)33)9-8-16(20)3/h8-9,12,15,18-19H,5-7,10-11,13-14H2,1-4H3,(H2,25,33)(H2,26,27,28,29,30)/t18-/m0/s1. The van der Waals surface area contributed by atoms with E-state index in [1.165, 1.54) is 19.3 Å². The van der Waals surface area contributed by atoms with Gasteiger partial charge in [0, 0.05) is 50.0 Å². The molecule has 4 rings (SSSR count). The Morgan fingerprint density at radius 1 is 1.21 bits per heavy atom. The first-order valence-corrected chi connectivity index (χ1v) is 11.9. The molecule has 0 bridgehead atoms. The van der Waals surface area contributed by atoms with Crippen LogP contribution in [0.3, 0.4) is 0 Å². The van der Waals surface area contributed by atoms with Gasteiger partial charge in [0.1, 0.15) is 0 Å². The number of hydrogen-bond donors (Lipinski definition) is 3. The molecule has 178 valence electrons. The van der Waals surface area contributed by atoms with Crippen LogP contribution in [0.2, 0.25) is 0 Å². The number of rotatable bonds is 9. The van der Waals surface area contributed by atoms with Crippen molar-refractivity contribution < 1.29 is 4.79 Å². The second kappa shape index (κ2) is 9.91. The highest BCUT2D eigenvalue weighted by molar-refractivity contribution is 5.94. The largest absolute Gasteiger partial charge is 0.366 e. The highest BCUT2D eigenvalue weighted by atomic mass is 16.1. The molecule has 1 aromatic heterocycles. The molecule has 1 aliphatic heterocycles. The number of anilines is 4. The lowest BCUT2D eigenvalue weighted by molar-refractivity contribution is 0.100. The molecule has 1 atom stereocenters. The van der Waals surface area contributed by atoms with E-state index in [0.29, 0.717) is 35.4 Å². The summed E-state index contributed by atoms with van der Waals surface area (Å²) < 4.78 is 0. The Morgan fingerprint density at radius 2 is 1.97 bits per heavy atom. The monoisotopic (exact) mass is 452 g/mol. The van der Waals surface area contributed by atoms with Crippen molar-refractivity contribution in [2.45, 2.75) is 58.5 Å². The molecule has 1 amide bonds. The molecule has 0 spiro atoms. The number of carbonyl (C=O) groups excluding carboxylic acids is 1. The number of aryl methyl sites for hydroxylation is 1. The summed E-state index contributed by atoms with van der Waals surface area (Å²) in [6.45, 7) is 9.28. The van der Waals surface area contributed by atoms with Crippen LogP contribution in [-0.4, -0.2) is 64.5 Å². The van der Waals surface area contributed by atoms with Crippen molar-refractivity contribution in [3.63, 3.8) is 0 Å². The molecule has 2 fully saturated rings. The summed E-state index contributed by atoms with van der Waals surface area (Å²) in [4.78, 5) is 30.3. The van der Waals surface area contributed by atoms with Crippen LogP contribution in [0.15, 0.2) is 18.2 Å². The van der Waals surface area contributed by atoms with E-state index in [2.05, 4.69) is 39.3 Å². The summed E-state index contributed by atoms with van der Waals surface area (Å²) >= 11 is 0. The van der Waals surface area contributed by atoms with Crippen LogP contribution >= 0.6 is 0 Å². The van der Waals surface area contributed by atoms with E-state index >= 15 is 0 Å². The fourth-order valence-corrected chi connectivity index (χ4v) is 4.49. The zero-order valence-corrected chi connectivity index (χ0v) is 20.1. The van der Waals surface area contributed by atoms with Crippen molar-refractivity contribution in [2.24, 2.45) is 11.7 Å². The lowest BCUT2D eigenvalue weighted by atomic mass is 9.92. The highest BCUT2D eigenvalue weighted by Gasteiger charge is 2.31. The van der Waals surface area contributed by atoms with Crippen molar-refractivity contribution in [3.8, 4) is 0 Å². The Morgan fingerprint density at radius 3 is 2.64 bits per heavy atom. The number of nitrogens with zero attached hydrogens (tertiary/aromatic N) is 5. The Labute approximate surface area is 196 Å². The van der Waals surface area contributed by atoms with Crippen molar-refractivity contribution in [3.05, 3.63) is 29.3 Å². The van der Waals surface area contributed by atoms with Gasteiger partial charge in [-0.15, -0.1) is 0 Å². The highest BCUT2D eigenvalue weighted by Crippen LogP contribution is 2.29. The minimum Gasteiger partial charge on any atom is -0.366 e. The normalized spacial score (nSPS) is 18.9. The number of likely N-dealkylation sites (tertiary alicyclic amines) is 1. The lowest BCUT2D eigenvalue weighted by Crippen LogP contribution is -2.39. The van der Waals surface area contributed by atoms with Gasteiger partial charge in [0.25, 0.3) is 0 Å². The van der Waals surface area contributed by atoms with Gasteiger partial charge in [-0.05, 0) is 49.8 Å². The SMILES string of the molecule is Cc1ccc(C(N)=O)cc1Nc1nc(N[C@H]2CCN(C3CCC3)C2)nc(N(C)CC(C)C)n1. The van der Waals surface area contributed by atoms with Gasteiger partial charge in [-0.2, -0.15) is 15.0 Å². The average Bonchev–Trinajstić information content (AvgIpc) is 3.15. The van der Waals surface area contributed by atoms with Crippen molar-refractivity contribution in [1.29, 1.82) is 0 Å². The fourth-order valence-electron chi connectivity index (χ4n) is 4.49. The van der Waals surface area contributed by atoms with Gasteiger partial charge in [0.05, 0.1) is 0 Å². The van der Waals surface area contributed by atoms with E-state index in [1.54, 1.807) is 12.1 Å². The lowest BCUT2D eigenvalue weighted by Gasteiger charge is -2.34. The third-order valence-electron chi connectivity index (χ3n) is 6.52. The Bertz CT molecular complexity index is 990. The molecule has 1 aromatic carbocycles. The minimum absolute atomic E-state index is 0.323. The van der Waals surface area contributed by atoms with E-state index in [0.717, 1.165) is 43.3 Å². The van der Waals surface area contributed by atoms with Crippen LogP contribution in [0.5, 0.6) is 0 Å². The number of nitrogens with one attached hydrogen (secondary N) is 2. The molecule has 1 saturated carbocycles. The first-order chi connectivity index (χ1) is 15.8. The molecule has 9 heteroatoms. The molecule has 33 heavy (non-hydrogen) atoms. The average molecular weight is 453 g/mol. The van der Waals surface area contributed by atoms with Crippen molar-refractivity contribution in [1.82, 2.24) is 19.9 Å². The molecule has 9 nitrogen and oxygen atoms in total. The molecule has 0 unspecified atom stereocenters. The van der Waals surface area contributed by atoms with Crippen molar-refractivity contribution in [2.75, 3.05) is 42.2 Å². The zero-order chi connectivity index (χ0) is 23.5. The zero-order valence-electron chi connectivity index (χ0n) is 20.1. The smallest absolute Gasteiger partial charge is 0.248 e. The topological polar surface area (TPSA) is 112 Å². The van der Waals surface area contributed by atoms with E-state index in [9.17, 15) is 4.79 Å². The molecule has 0 radical (unpaired) electrons. The van der Waals surface area contributed by atoms with E-state index in [1.807, 2.05) is 24.9 Å². The van der Waals surface area contributed by atoms with Crippen molar-refractivity contribution >= 4 is 29.4 Å². The Kier molecular flexibility index (Phi) is 6.97. The van der Waals surface area contributed by atoms with Crippen LogP contribution < -0.4 is 21.3 Å². The summed E-state index contributed by atoms with van der Waals surface area (Å²) in [5.74, 6) is 1.63. The number of primary amides is 1. The van der Waals surface area contributed by atoms with E-state index in [4.69, 9.17) is 10.7 Å². The number of aromatic nitrogens is 3. The molecule has 2 heterocycles. The van der Waals surface area contributed by atoms with Crippen LogP contribution in [0.25, 0.3) is 0 Å². The third-order valence-corrected chi connectivity index (χ3v) is 6.52. The second-order valence-corrected chi connectivity index (χ2v) is 9.79. The number of nitrogens with two attached hydrogens (primary N) is 1. The van der Waals surface area contributed by atoms with Gasteiger partial charge in [0.15, 0.2) is 0 Å². The molecule has 2 aliphatic rings. The predicted molar refractivity (Wildman–Crippen MR) is 132 cm³/mol. The number of hydrogen-bond acceptors (Lipinski definition) is 8. The number of carbonyl (C=O) groups is 1. The molecule has 1 saturated heterocycles. The summed E-state index contributed by atoms with van der Waals surface area (Å²) in [6, 6.07) is 6.39. The van der Waals surface area contributed by atoms with Crippen LogP contribution in [0.1, 0.15) is 55.5 Å². The minimum atomic E-state index is -0.467. The molecular weight excluding hydrogens is 416 g/mol. The maximum atomic E-state index is 11.6. The van der Waals surface area contributed by atoms with Gasteiger partial charge in [-0.25, -0.2) is 0 Å². The molecule has 2 aromatic rings. The number of benzene rings is 1. The fraction of sp³-hybridized carbons (Fsp3) is 0.583. The van der Waals surface area contributed by atoms with Gasteiger partial charge in [-0.1, -0.05) is 26.3 Å². The maximum Gasteiger partial charge on any atom is 0.248 e. The third kappa shape index (κ3) is 5.71. The first-order valence-electron chi connectivity index (χ1n) is 11.9. The summed E-state index contributed by atoms with van der Waals surface area (Å²) in [5.41, 5.74) is 7.63. The van der Waals surface area contributed by atoms with Crippen LogP contribution in [0, 0.1) is 12.8 Å². The molecular formula is C24H36N8O. The quantitative estimate of drug-likeness (QED) is 0.532. The Balaban J connectivity index is 1.57. The second-order valence-electron chi connectivity index (χ2n) is 9.79. The molecule has 4 N–H and O–H groups in total. The van der Waals surface area contributed by atoms with Gasteiger partial charge >= 0.3 is 0 Å². The molecule has 1 aliphatic carbocycles. The van der Waals surface area contributed by atoms with Crippen LogP contribution in [0.4, 0.5) is 23.5 Å². The van der Waals surface area contributed by atoms with Gasteiger partial charge in [0.2, 0.25) is 23.8 Å².